The Morgan fingerprint density at radius 2 is 2.08 bits per heavy atom. The molecule has 0 bridgehead atoms. The molecule has 0 aliphatic rings. The van der Waals surface area contributed by atoms with Crippen LogP contribution in [0.25, 0.3) is 11.1 Å². The van der Waals surface area contributed by atoms with Gasteiger partial charge >= 0.3 is 0 Å². The van der Waals surface area contributed by atoms with E-state index < -0.39 is 0 Å². The molecule has 0 saturated heterocycles. The molecule has 0 saturated carbocycles. The average Bonchev–Trinajstić information content (AvgIpc) is 2.57. The molecular formula is C10H9NOS. The van der Waals surface area contributed by atoms with Gasteiger partial charge in [0.25, 0.3) is 0 Å². The Hall–Kier alpha value is -1.48. The number of hydrogen-bond donors (Lipinski definition) is 2. The van der Waals surface area contributed by atoms with E-state index in [0.717, 1.165) is 11.1 Å². The summed E-state index contributed by atoms with van der Waals surface area (Å²) in [6.45, 7) is 0. The van der Waals surface area contributed by atoms with Crippen molar-refractivity contribution < 1.29 is 5.11 Å². The highest BCUT2D eigenvalue weighted by molar-refractivity contribution is 7.08. The Morgan fingerprint density at radius 3 is 2.69 bits per heavy atom. The lowest BCUT2D eigenvalue weighted by atomic mass is 10.1. The van der Waals surface area contributed by atoms with Gasteiger partial charge in [-0.2, -0.15) is 11.3 Å². The molecule has 0 unspecified atom stereocenters. The van der Waals surface area contributed by atoms with Gasteiger partial charge in [-0.25, -0.2) is 0 Å². The van der Waals surface area contributed by atoms with Crippen LogP contribution in [0.2, 0.25) is 0 Å². The second-order valence-electron chi connectivity index (χ2n) is 2.75. The van der Waals surface area contributed by atoms with Crippen molar-refractivity contribution in [1.82, 2.24) is 0 Å². The Labute approximate surface area is 80.3 Å². The van der Waals surface area contributed by atoms with Crippen LogP contribution in [-0.2, 0) is 0 Å². The third-order valence-corrected chi connectivity index (χ3v) is 2.57. The summed E-state index contributed by atoms with van der Waals surface area (Å²) in [5.41, 5.74) is 8.07. The number of phenolic OH excluding ortho intramolecular Hbond substituents is 1. The van der Waals surface area contributed by atoms with Gasteiger partial charge in [0.05, 0.1) is 0 Å². The van der Waals surface area contributed by atoms with Gasteiger partial charge in [0.15, 0.2) is 0 Å². The van der Waals surface area contributed by atoms with Crippen LogP contribution in [-0.4, -0.2) is 5.11 Å². The molecule has 1 aromatic heterocycles. The standard InChI is InChI=1S/C10H9NOS/c11-8-2-1-3-9(12)10(8)7-4-5-13-6-7/h1-6,12H,11H2. The summed E-state index contributed by atoms with van der Waals surface area (Å²) in [5, 5.41) is 13.5. The summed E-state index contributed by atoms with van der Waals surface area (Å²) in [6.07, 6.45) is 0. The van der Waals surface area contributed by atoms with Gasteiger partial charge in [0.2, 0.25) is 0 Å². The predicted octanol–water partition coefficient (Wildman–Crippen LogP) is 2.70. The van der Waals surface area contributed by atoms with Gasteiger partial charge in [-0.15, -0.1) is 0 Å². The second kappa shape index (κ2) is 3.11. The Morgan fingerprint density at radius 1 is 1.23 bits per heavy atom. The number of nitrogens with two attached hydrogens (primary N) is 1. The number of nitrogen functional groups attached to an aromatic ring is 1. The van der Waals surface area contributed by atoms with Crippen LogP contribution in [0.3, 0.4) is 0 Å². The van der Waals surface area contributed by atoms with Crippen LogP contribution in [0.5, 0.6) is 5.75 Å². The zero-order chi connectivity index (χ0) is 9.26. The lowest BCUT2D eigenvalue weighted by Crippen LogP contribution is -1.88. The van der Waals surface area contributed by atoms with E-state index in [0.29, 0.717) is 5.69 Å². The highest BCUT2D eigenvalue weighted by Gasteiger charge is 2.07. The number of aromatic hydroxyl groups is 1. The maximum absolute atomic E-state index is 9.59. The molecule has 0 radical (unpaired) electrons. The minimum atomic E-state index is 0.235. The Balaban J connectivity index is 2.64. The van der Waals surface area contributed by atoms with Crippen molar-refractivity contribution in [2.75, 3.05) is 5.73 Å². The first-order valence-electron chi connectivity index (χ1n) is 3.89. The van der Waals surface area contributed by atoms with E-state index in [1.165, 1.54) is 0 Å². The van der Waals surface area contributed by atoms with E-state index in [4.69, 9.17) is 5.73 Å². The van der Waals surface area contributed by atoms with Crippen molar-refractivity contribution in [3.8, 4) is 16.9 Å². The zero-order valence-electron chi connectivity index (χ0n) is 6.90. The summed E-state index contributed by atoms with van der Waals surface area (Å²) in [6, 6.07) is 7.10. The number of phenols is 1. The molecule has 2 aromatic rings. The van der Waals surface area contributed by atoms with Crippen LogP contribution >= 0.6 is 11.3 Å². The molecule has 0 amide bonds. The van der Waals surface area contributed by atoms with E-state index >= 15 is 0 Å². The normalized spacial score (nSPS) is 10.2. The summed E-state index contributed by atoms with van der Waals surface area (Å²) < 4.78 is 0. The fourth-order valence-electron chi connectivity index (χ4n) is 1.28. The zero-order valence-corrected chi connectivity index (χ0v) is 7.71. The maximum atomic E-state index is 9.59. The number of hydrogen-bond acceptors (Lipinski definition) is 3. The molecule has 0 aliphatic heterocycles. The number of anilines is 1. The third kappa shape index (κ3) is 1.38. The van der Waals surface area contributed by atoms with Gasteiger partial charge in [-0.1, -0.05) is 6.07 Å². The molecule has 2 nitrogen and oxygen atoms in total. The van der Waals surface area contributed by atoms with Crippen molar-refractivity contribution >= 4 is 17.0 Å². The van der Waals surface area contributed by atoms with E-state index in [2.05, 4.69) is 0 Å². The fourth-order valence-corrected chi connectivity index (χ4v) is 1.93. The minimum Gasteiger partial charge on any atom is -0.507 e. The van der Waals surface area contributed by atoms with Crippen molar-refractivity contribution in [3.05, 3.63) is 35.0 Å². The summed E-state index contributed by atoms with van der Waals surface area (Å²) in [4.78, 5) is 0. The molecule has 1 aromatic carbocycles. The maximum Gasteiger partial charge on any atom is 0.125 e. The van der Waals surface area contributed by atoms with Crippen molar-refractivity contribution in [1.29, 1.82) is 0 Å². The number of benzene rings is 1. The van der Waals surface area contributed by atoms with Crippen LogP contribution in [0, 0.1) is 0 Å². The molecule has 3 N–H and O–H groups in total. The van der Waals surface area contributed by atoms with Gasteiger partial charge in [-0.3, -0.25) is 0 Å². The molecule has 3 heteroatoms. The molecule has 1 heterocycles. The molecule has 13 heavy (non-hydrogen) atoms. The average molecular weight is 191 g/mol. The van der Waals surface area contributed by atoms with Crippen LogP contribution in [0.4, 0.5) is 5.69 Å². The quantitative estimate of drug-likeness (QED) is 0.681. The second-order valence-corrected chi connectivity index (χ2v) is 3.53. The van der Waals surface area contributed by atoms with E-state index in [-0.39, 0.29) is 5.75 Å². The SMILES string of the molecule is Nc1cccc(O)c1-c1ccsc1. The van der Waals surface area contributed by atoms with Crippen LogP contribution < -0.4 is 5.73 Å². The summed E-state index contributed by atoms with van der Waals surface area (Å²) in [7, 11) is 0. The Kier molecular flexibility index (Phi) is 1.94. The first kappa shape index (κ1) is 8.13. The lowest BCUT2D eigenvalue weighted by Gasteiger charge is -2.05. The van der Waals surface area contributed by atoms with Crippen molar-refractivity contribution in [3.63, 3.8) is 0 Å². The Bertz CT molecular complexity index is 389. The molecule has 0 aliphatic carbocycles. The fraction of sp³-hybridized carbons (Fsp3) is 0. The molecule has 66 valence electrons. The van der Waals surface area contributed by atoms with Crippen molar-refractivity contribution in [2.24, 2.45) is 0 Å². The highest BCUT2D eigenvalue weighted by Crippen LogP contribution is 2.35. The highest BCUT2D eigenvalue weighted by atomic mass is 32.1. The number of thiophene rings is 1. The van der Waals surface area contributed by atoms with Crippen LogP contribution in [0.1, 0.15) is 0 Å². The minimum absolute atomic E-state index is 0.235. The largest absolute Gasteiger partial charge is 0.507 e. The van der Waals surface area contributed by atoms with E-state index in [1.807, 2.05) is 16.8 Å². The van der Waals surface area contributed by atoms with Gasteiger partial charge in [0.1, 0.15) is 5.75 Å². The monoisotopic (exact) mass is 191 g/mol. The molecular weight excluding hydrogens is 182 g/mol. The lowest BCUT2D eigenvalue weighted by molar-refractivity contribution is 0.477. The topological polar surface area (TPSA) is 46.2 Å². The molecule has 0 fully saturated rings. The number of rotatable bonds is 1. The van der Waals surface area contributed by atoms with Crippen LogP contribution in [0.15, 0.2) is 35.0 Å². The predicted molar refractivity (Wildman–Crippen MR) is 55.8 cm³/mol. The molecule has 0 spiro atoms. The smallest absolute Gasteiger partial charge is 0.125 e. The first-order valence-corrected chi connectivity index (χ1v) is 4.83. The van der Waals surface area contributed by atoms with E-state index in [9.17, 15) is 5.11 Å². The van der Waals surface area contributed by atoms with Gasteiger partial charge in [0, 0.05) is 11.3 Å². The third-order valence-electron chi connectivity index (χ3n) is 1.88. The van der Waals surface area contributed by atoms with Crippen molar-refractivity contribution in [2.45, 2.75) is 0 Å². The van der Waals surface area contributed by atoms with Gasteiger partial charge < -0.3 is 10.8 Å². The van der Waals surface area contributed by atoms with E-state index in [1.54, 1.807) is 29.5 Å². The summed E-state index contributed by atoms with van der Waals surface area (Å²) in [5.74, 6) is 0.235. The summed E-state index contributed by atoms with van der Waals surface area (Å²) >= 11 is 1.59. The molecule has 0 atom stereocenters. The van der Waals surface area contributed by atoms with Gasteiger partial charge in [-0.05, 0) is 34.5 Å². The molecule has 2 rings (SSSR count). The first-order chi connectivity index (χ1) is 6.29.